The van der Waals surface area contributed by atoms with E-state index in [0.717, 1.165) is 5.75 Å². The van der Waals surface area contributed by atoms with Crippen LogP contribution in [0, 0.1) is 6.92 Å². The van der Waals surface area contributed by atoms with Crippen LogP contribution in [0.1, 0.15) is 19.4 Å². The van der Waals surface area contributed by atoms with E-state index in [4.69, 9.17) is 4.43 Å². The summed E-state index contributed by atoms with van der Waals surface area (Å²) in [6, 6.07) is 8.32. The SMILES string of the molecule is Cc1ccc(O[Si](C)(C)C(C)C)cc1. The second-order valence-corrected chi connectivity index (χ2v) is 9.24. The lowest BCUT2D eigenvalue weighted by Crippen LogP contribution is -2.37. The van der Waals surface area contributed by atoms with Gasteiger partial charge in [-0.2, -0.15) is 0 Å². The van der Waals surface area contributed by atoms with Crippen LogP contribution in [0.3, 0.4) is 0 Å². The summed E-state index contributed by atoms with van der Waals surface area (Å²) in [7, 11) is -1.54. The lowest BCUT2D eigenvalue weighted by atomic mass is 10.2. The van der Waals surface area contributed by atoms with Crippen LogP contribution in [-0.4, -0.2) is 8.32 Å². The molecular formula is C12H20OSi. The van der Waals surface area contributed by atoms with Gasteiger partial charge in [0.15, 0.2) is 0 Å². The van der Waals surface area contributed by atoms with Crippen LogP contribution >= 0.6 is 0 Å². The maximum absolute atomic E-state index is 6.06. The zero-order valence-corrected chi connectivity index (χ0v) is 10.8. The molecule has 0 aliphatic rings. The standard InChI is InChI=1S/C12H20OSi/c1-10(2)14(4,5)13-12-8-6-11(3)7-9-12/h6-10H,1-5H3. The Morgan fingerprint density at radius 3 is 2.00 bits per heavy atom. The summed E-state index contributed by atoms with van der Waals surface area (Å²) in [6.45, 7) is 11.1. The van der Waals surface area contributed by atoms with Gasteiger partial charge in [0.2, 0.25) is 8.32 Å². The second kappa shape index (κ2) is 4.18. The predicted molar refractivity (Wildman–Crippen MR) is 64.4 cm³/mol. The Balaban J connectivity index is 2.74. The van der Waals surface area contributed by atoms with Gasteiger partial charge in [0.05, 0.1) is 0 Å². The molecule has 0 unspecified atom stereocenters. The fraction of sp³-hybridized carbons (Fsp3) is 0.500. The van der Waals surface area contributed by atoms with Crippen molar-refractivity contribution in [3.05, 3.63) is 29.8 Å². The molecule has 0 aliphatic heterocycles. The molecule has 0 bridgehead atoms. The second-order valence-electron chi connectivity index (χ2n) is 4.67. The van der Waals surface area contributed by atoms with Crippen molar-refractivity contribution in [2.75, 3.05) is 0 Å². The van der Waals surface area contributed by atoms with Crippen LogP contribution < -0.4 is 4.43 Å². The van der Waals surface area contributed by atoms with Crippen molar-refractivity contribution in [2.24, 2.45) is 0 Å². The predicted octanol–water partition coefficient (Wildman–Crippen LogP) is 3.99. The highest BCUT2D eigenvalue weighted by Crippen LogP contribution is 2.24. The van der Waals surface area contributed by atoms with Crippen molar-refractivity contribution >= 4 is 8.32 Å². The Morgan fingerprint density at radius 1 is 1.07 bits per heavy atom. The minimum Gasteiger partial charge on any atom is -0.544 e. The fourth-order valence-electron chi connectivity index (χ4n) is 1.03. The first-order chi connectivity index (χ1) is 6.42. The molecule has 0 aliphatic carbocycles. The number of aryl methyl sites for hydroxylation is 1. The van der Waals surface area contributed by atoms with Gasteiger partial charge in [-0.25, -0.2) is 0 Å². The van der Waals surface area contributed by atoms with E-state index in [1.165, 1.54) is 5.56 Å². The highest BCUT2D eigenvalue weighted by atomic mass is 28.4. The van der Waals surface area contributed by atoms with Crippen molar-refractivity contribution in [1.29, 1.82) is 0 Å². The van der Waals surface area contributed by atoms with E-state index in [9.17, 15) is 0 Å². The van der Waals surface area contributed by atoms with Gasteiger partial charge in [-0.3, -0.25) is 0 Å². The Kier molecular flexibility index (Phi) is 3.37. The number of rotatable bonds is 3. The first kappa shape index (κ1) is 11.3. The van der Waals surface area contributed by atoms with Crippen molar-refractivity contribution in [2.45, 2.75) is 39.4 Å². The molecule has 1 nitrogen and oxygen atoms in total. The summed E-state index contributed by atoms with van der Waals surface area (Å²) >= 11 is 0. The highest BCUT2D eigenvalue weighted by Gasteiger charge is 2.28. The van der Waals surface area contributed by atoms with E-state index in [-0.39, 0.29) is 0 Å². The average Bonchev–Trinajstić information content (AvgIpc) is 2.08. The fourth-order valence-corrected chi connectivity index (χ4v) is 2.01. The van der Waals surface area contributed by atoms with Crippen LogP contribution in [0.5, 0.6) is 5.75 Å². The quantitative estimate of drug-likeness (QED) is 0.682. The lowest BCUT2D eigenvalue weighted by Gasteiger charge is -2.27. The zero-order valence-electron chi connectivity index (χ0n) is 9.79. The minimum atomic E-state index is -1.54. The molecule has 0 saturated carbocycles. The molecular weight excluding hydrogens is 188 g/mol. The summed E-state index contributed by atoms with van der Waals surface area (Å²) in [5.74, 6) is 1.01. The molecule has 0 N–H and O–H groups in total. The third-order valence-electron chi connectivity index (χ3n) is 2.79. The Labute approximate surface area is 88.2 Å². The van der Waals surface area contributed by atoms with E-state index in [2.05, 4.69) is 58.1 Å². The van der Waals surface area contributed by atoms with Crippen LogP contribution in [0.2, 0.25) is 18.6 Å². The van der Waals surface area contributed by atoms with Gasteiger partial charge in [-0.15, -0.1) is 0 Å². The van der Waals surface area contributed by atoms with E-state index in [0.29, 0.717) is 5.54 Å². The molecule has 0 atom stereocenters. The molecule has 0 saturated heterocycles. The van der Waals surface area contributed by atoms with Crippen molar-refractivity contribution in [3.8, 4) is 5.75 Å². The Bertz CT molecular complexity index is 288. The van der Waals surface area contributed by atoms with Crippen LogP contribution in [0.15, 0.2) is 24.3 Å². The smallest absolute Gasteiger partial charge is 0.247 e. The van der Waals surface area contributed by atoms with E-state index in [1.54, 1.807) is 0 Å². The minimum absolute atomic E-state index is 0.642. The topological polar surface area (TPSA) is 9.23 Å². The molecule has 1 aromatic carbocycles. The van der Waals surface area contributed by atoms with Crippen LogP contribution in [0.25, 0.3) is 0 Å². The van der Waals surface area contributed by atoms with Gasteiger partial charge < -0.3 is 4.43 Å². The summed E-state index contributed by atoms with van der Waals surface area (Å²) in [5, 5.41) is 0. The van der Waals surface area contributed by atoms with Gasteiger partial charge in [0, 0.05) is 0 Å². The maximum Gasteiger partial charge on any atom is 0.247 e. The number of benzene rings is 1. The summed E-state index contributed by atoms with van der Waals surface area (Å²) in [6.07, 6.45) is 0. The normalized spacial score (nSPS) is 11.9. The lowest BCUT2D eigenvalue weighted by molar-refractivity contribution is 0.533. The summed E-state index contributed by atoms with van der Waals surface area (Å²) < 4.78 is 6.06. The summed E-state index contributed by atoms with van der Waals surface area (Å²) in [5.41, 5.74) is 1.92. The van der Waals surface area contributed by atoms with Crippen molar-refractivity contribution in [3.63, 3.8) is 0 Å². The molecule has 14 heavy (non-hydrogen) atoms. The molecule has 0 spiro atoms. The van der Waals surface area contributed by atoms with Gasteiger partial charge in [0.25, 0.3) is 0 Å². The molecule has 0 fully saturated rings. The molecule has 1 aromatic rings. The third-order valence-corrected chi connectivity index (χ3v) is 6.33. The van der Waals surface area contributed by atoms with Gasteiger partial charge in [0.1, 0.15) is 5.75 Å². The first-order valence-corrected chi connectivity index (χ1v) is 8.16. The molecule has 2 heteroatoms. The highest BCUT2D eigenvalue weighted by molar-refractivity contribution is 6.73. The van der Waals surface area contributed by atoms with Crippen molar-refractivity contribution < 1.29 is 4.43 Å². The van der Waals surface area contributed by atoms with Crippen molar-refractivity contribution in [1.82, 2.24) is 0 Å². The van der Waals surface area contributed by atoms with E-state index < -0.39 is 8.32 Å². The Morgan fingerprint density at radius 2 is 1.57 bits per heavy atom. The van der Waals surface area contributed by atoms with Gasteiger partial charge in [-0.05, 0) is 37.7 Å². The van der Waals surface area contributed by atoms with E-state index in [1.807, 2.05) is 0 Å². The summed E-state index contributed by atoms with van der Waals surface area (Å²) in [4.78, 5) is 0. The molecule has 0 heterocycles. The third kappa shape index (κ3) is 2.88. The van der Waals surface area contributed by atoms with Gasteiger partial charge >= 0.3 is 0 Å². The van der Waals surface area contributed by atoms with Crippen LogP contribution in [0.4, 0.5) is 0 Å². The van der Waals surface area contributed by atoms with E-state index >= 15 is 0 Å². The maximum atomic E-state index is 6.06. The number of hydrogen-bond acceptors (Lipinski definition) is 1. The monoisotopic (exact) mass is 208 g/mol. The average molecular weight is 208 g/mol. The van der Waals surface area contributed by atoms with Crippen LogP contribution in [-0.2, 0) is 0 Å². The Hall–Kier alpha value is -0.763. The van der Waals surface area contributed by atoms with Gasteiger partial charge in [-0.1, -0.05) is 31.5 Å². The first-order valence-electron chi connectivity index (χ1n) is 5.17. The number of hydrogen-bond donors (Lipinski definition) is 0. The zero-order chi connectivity index (χ0) is 10.8. The molecule has 0 aromatic heterocycles. The molecule has 0 radical (unpaired) electrons. The largest absolute Gasteiger partial charge is 0.544 e. The molecule has 0 amide bonds. The molecule has 78 valence electrons. The molecule has 1 rings (SSSR count).